The molecule has 0 unspecified atom stereocenters. The van der Waals surface area contributed by atoms with Gasteiger partial charge in [-0.05, 0) is 47.7 Å². The van der Waals surface area contributed by atoms with E-state index < -0.39 is 35.5 Å². The first-order chi connectivity index (χ1) is 16.1. The van der Waals surface area contributed by atoms with Crippen LogP contribution in [0.1, 0.15) is 23.6 Å². The first kappa shape index (κ1) is 26.2. The Kier molecular flexibility index (Phi) is 8.73. The minimum Gasteiger partial charge on any atom is -0.390 e. The van der Waals surface area contributed by atoms with Crippen molar-refractivity contribution in [3.05, 3.63) is 93.7 Å². The van der Waals surface area contributed by atoms with Gasteiger partial charge in [-0.1, -0.05) is 48.9 Å². The first-order valence-corrected chi connectivity index (χ1v) is 11.3. The van der Waals surface area contributed by atoms with Crippen LogP contribution < -0.4 is 5.32 Å². The standard InChI is InChI=1S/C25H26ClF5N2O/c1-2-16-4-3-5-17(8-16)14-32-15-23(34)22(11-18-9-20(27)13-21(28)10-18)33-7-6-19(12-24(33)26)25(29,30)31/h3-6,8-10,12-13,22-23,32,34H,2,7,11,14-15H2,1H3/t22-,23+/m0/s1. The van der Waals surface area contributed by atoms with Crippen LogP contribution in [0.2, 0.25) is 0 Å². The van der Waals surface area contributed by atoms with Gasteiger partial charge in [0.1, 0.15) is 16.8 Å². The monoisotopic (exact) mass is 500 g/mol. The summed E-state index contributed by atoms with van der Waals surface area (Å²) in [6, 6.07) is 10.1. The van der Waals surface area contributed by atoms with Crippen LogP contribution >= 0.6 is 11.6 Å². The zero-order chi connectivity index (χ0) is 24.9. The van der Waals surface area contributed by atoms with E-state index in [9.17, 15) is 27.1 Å². The third kappa shape index (κ3) is 7.04. The molecule has 0 radical (unpaired) electrons. The molecule has 0 saturated carbocycles. The highest BCUT2D eigenvalue weighted by molar-refractivity contribution is 6.29. The molecular formula is C25H26ClF5N2O. The maximum atomic E-state index is 13.7. The summed E-state index contributed by atoms with van der Waals surface area (Å²) in [6.45, 7) is 2.40. The van der Waals surface area contributed by atoms with Crippen molar-refractivity contribution in [1.29, 1.82) is 0 Å². The van der Waals surface area contributed by atoms with Crippen LogP contribution in [0.4, 0.5) is 22.0 Å². The minimum atomic E-state index is -4.55. The second kappa shape index (κ2) is 11.3. The Morgan fingerprint density at radius 2 is 1.74 bits per heavy atom. The van der Waals surface area contributed by atoms with Crippen LogP contribution in [0, 0.1) is 11.6 Å². The summed E-state index contributed by atoms with van der Waals surface area (Å²) < 4.78 is 66.7. The Morgan fingerprint density at radius 1 is 1.06 bits per heavy atom. The lowest BCUT2D eigenvalue weighted by Gasteiger charge is -2.37. The molecule has 0 fully saturated rings. The topological polar surface area (TPSA) is 35.5 Å². The molecule has 0 bridgehead atoms. The second-order valence-corrected chi connectivity index (χ2v) is 8.58. The lowest BCUT2D eigenvalue weighted by molar-refractivity contribution is -0.0891. The van der Waals surface area contributed by atoms with Crippen molar-refractivity contribution in [2.75, 3.05) is 13.1 Å². The Balaban J connectivity index is 1.77. The van der Waals surface area contributed by atoms with E-state index in [0.717, 1.165) is 42.3 Å². The number of alkyl halides is 3. The molecule has 2 aromatic rings. The third-order valence-electron chi connectivity index (χ3n) is 5.68. The average Bonchev–Trinajstić information content (AvgIpc) is 2.76. The highest BCUT2D eigenvalue weighted by Gasteiger charge is 2.36. The number of aliphatic hydroxyl groups excluding tert-OH is 1. The van der Waals surface area contributed by atoms with E-state index in [-0.39, 0.29) is 30.2 Å². The lowest BCUT2D eigenvalue weighted by atomic mass is 9.98. The fraction of sp³-hybridized carbons (Fsp3) is 0.360. The molecule has 2 atom stereocenters. The van der Waals surface area contributed by atoms with Gasteiger partial charge in [0.05, 0.1) is 17.7 Å². The number of nitrogens with zero attached hydrogens (tertiary/aromatic N) is 1. The van der Waals surface area contributed by atoms with Gasteiger partial charge < -0.3 is 15.3 Å². The maximum Gasteiger partial charge on any atom is 0.416 e. The molecule has 3 rings (SSSR count). The molecule has 0 spiro atoms. The Morgan fingerprint density at radius 3 is 2.35 bits per heavy atom. The fourth-order valence-corrected chi connectivity index (χ4v) is 4.24. The normalized spacial score (nSPS) is 16.2. The van der Waals surface area contributed by atoms with E-state index in [1.807, 2.05) is 31.2 Å². The Labute approximate surface area is 200 Å². The van der Waals surface area contributed by atoms with Crippen LogP contribution in [0.5, 0.6) is 0 Å². The van der Waals surface area contributed by atoms with Gasteiger partial charge in [0.2, 0.25) is 0 Å². The van der Waals surface area contributed by atoms with Gasteiger partial charge in [0, 0.05) is 25.7 Å². The molecule has 0 amide bonds. The first-order valence-electron chi connectivity index (χ1n) is 10.9. The molecule has 9 heteroatoms. The summed E-state index contributed by atoms with van der Waals surface area (Å²) in [5.41, 5.74) is 1.56. The van der Waals surface area contributed by atoms with Crippen molar-refractivity contribution in [3.8, 4) is 0 Å². The van der Waals surface area contributed by atoms with Crippen molar-refractivity contribution >= 4 is 11.6 Å². The molecule has 34 heavy (non-hydrogen) atoms. The van der Waals surface area contributed by atoms with Gasteiger partial charge in [-0.25, -0.2) is 8.78 Å². The SMILES string of the molecule is CCc1cccc(CNC[C@@H](O)[C@H](Cc2cc(F)cc(F)c2)N2CC=C(C(F)(F)F)C=C2Cl)c1. The Bertz CT molecular complexity index is 1030. The van der Waals surface area contributed by atoms with Crippen LogP contribution in [-0.4, -0.2) is 41.4 Å². The van der Waals surface area contributed by atoms with Gasteiger partial charge in [-0.2, -0.15) is 13.2 Å². The number of hydrogen-bond donors (Lipinski definition) is 2. The third-order valence-corrected chi connectivity index (χ3v) is 6.00. The number of hydrogen-bond acceptors (Lipinski definition) is 3. The summed E-state index contributed by atoms with van der Waals surface area (Å²) in [4.78, 5) is 1.41. The molecule has 1 aliphatic rings. The van der Waals surface area contributed by atoms with Gasteiger partial charge in [0.25, 0.3) is 0 Å². The minimum absolute atomic E-state index is 0.0257. The molecule has 184 valence electrons. The van der Waals surface area contributed by atoms with E-state index in [1.165, 1.54) is 10.5 Å². The second-order valence-electron chi connectivity index (χ2n) is 8.20. The van der Waals surface area contributed by atoms with E-state index >= 15 is 0 Å². The number of aliphatic hydroxyl groups is 1. The largest absolute Gasteiger partial charge is 0.416 e. The van der Waals surface area contributed by atoms with E-state index in [1.54, 1.807) is 0 Å². The number of aryl methyl sites for hydroxylation is 1. The van der Waals surface area contributed by atoms with Gasteiger partial charge >= 0.3 is 6.18 Å². The molecule has 1 aliphatic heterocycles. The number of nitrogens with one attached hydrogen (secondary N) is 1. The van der Waals surface area contributed by atoms with Crippen molar-refractivity contribution < 1.29 is 27.1 Å². The molecular weight excluding hydrogens is 475 g/mol. The molecule has 0 aromatic heterocycles. The summed E-state index contributed by atoms with van der Waals surface area (Å²) in [6.07, 6.45) is -3.02. The van der Waals surface area contributed by atoms with Crippen molar-refractivity contribution in [3.63, 3.8) is 0 Å². The fourth-order valence-electron chi connectivity index (χ4n) is 3.93. The number of rotatable bonds is 9. The molecule has 2 N–H and O–H groups in total. The zero-order valence-electron chi connectivity index (χ0n) is 18.5. The number of allylic oxidation sites excluding steroid dienone is 2. The Hall–Kier alpha value is -2.42. The number of halogens is 6. The lowest BCUT2D eigenvalue weighted by Crippen LogP contribution is -2.48. The molecule has 2 aromatic carbocycles. The highest BCUT2D eigenvalue weighted by Crippen LogP contribution is 2.33. The van der Waals surface area contributed by atoms with Gasteiger partial charge in [-0.3, -0.25) is 0 Å². The van der Waals surface area contributed by atoms with E-state index in [2.05, 4.69) is 5.32 Å². The van der Waals surface area contributed by atoms with Gasteiger partial charge in [-0.15, -0.1) is 0 Å². The summed E-state index contributed by atoms with van der Waals surface area (Å²) in [7, 11) is 0. The summed E-state index contributed by atoms with van der Waals surface area (Å²) in [5, 5.41) is 13.9. The van der Waals surface area contributed by atoms with Crippen molar-refractivity contribution in [2.45, 2.75) is 44.6 Å². The molecule has 3 nitrogen and oxygen atoms in total. The van der Waals surface area contributed by atoms with Crippen molar-refractivity contribution in [1.82, 2.24) is 10.2 Å². The zero-order valence-corrected chi connectivity index (χ0v) is 19.3. The molecule has 0 aliphatic carbocycles. The smallest absolute Gasteiger partial charge is 0.390 e. The average molecular weight is 501 g/mol. The van der Waals surface area contributed by atoms with Crippen molar-refractivity contribution in [2.24, 2.45) is 0 Å². The van der Waals surface area contributed by atoms with Crippen LogP contribution in [0.3, 0.4) is 0 Å². The number of benzene rings is 2. The highest BCUT2D eigenvalue weighted by atomic mass is 35.5. The summed E-state index contributed by atoms with van der Waals surface area (Å²) in [5.74, 6) is -1.56. The van der Waals surface area contributed by atoms with Crippen LogP contribution in [0.25, 0.3) is 0 Å². The van der Waals surface area contributed by atoms with Crippen LogP contribution in [-0.2, 0) is 19.4 Å². The molecule has 0 saturated heterocycles. The predicted molar refractivity (Wildman–Crippen MR) is 122 cm³/mol. The van der Waals surface area contributed by atoms with E-state index in [4.69, 9.17) is 11.6 Å². The van der Waals surface area contributed by atoms with Gasteiger partial charge in [0.15, 0.2) is 0 Å². The quantitative estimate of drug-likeness (QED) is 0.354. The summed E-state index contributed by atoms with van der Waals surface area (Å²) >= 11 is 6.18. The predicted octanol–water partition coefficient (Wildman–Crippen LogP) is 5.47. The molecule has 1 heterocycles. The van der Waals surface area contributed by atoms with E-state index in [0.29, 0.717) is 6.54 Å². The maximum absolute atomic E-state index is 13.7. The van der Waals surface area contributed by atoms with Crippen LogP contribution in [0.15, 0.2) is 65.3 Å².